The van der Waals surface area contributed by atoms with Crippen LogP contribution >= 0.6 is 0 Å². The number of hydrogen-bond acceptors (Lipinski definition) is 5. The number of non-ortho nitro benzene ring substituents is 1. The fourth-order valence-electron chi connectivity index (χ4n) is 3.33. The molecule has 3 aromatic rings. The van der Waals surface area contributed by atoms with Gasteiger partial charge in [0.1, 0.15) is 17.9 Å². The lowest BCUT2D eigenvalue weighted by molar-refractivity contribution is -0.384. The molecule has 0 fully saturated rings. The molecule has 1 aliphatic carbocycles. The summed E-state index contributed by atoms with van der Waals surface area (Å²) < 4.78 is 7.99. The van der Waals surface area contributed by atoms with Gasteiger partial charge in [-0.05, 0) is 36.1 Å². The molecule has 1 aliphatic rings. The molecule has 1 aromatic heterocycles. The standard InChI is InChI=1S/C18H16N4O3/c23-22(24)14-6-8-15(9-7-14)25-17-10-5-13-3-1-2-4-16(13)18(17)21-12-11-19-20-21/h1-4,6-9,11-12,17-18H,5,10H2/t17-,18-/m0/s1. The smallest absolute Gasteiger partial charge is 0.269 e. The fourth-order valence-corrected chi connectivity index (χ4v) is 3.33. The molecule has 0 bridgehead atoms. The topological polar surface area (TPSA) is 83.1 Å². The molecule has 2 aromatic carbocycles. The lowest BCUT2D eigenvalue weighted by Crippen LogP contribution is -2.35. The van der Waals surface area contributed by atoms with E-state index in [0.717, 1.165) is 12.8 Å². The minimum atomic E-state index is -0.418. The van der Waals surface area contributed by atoms with Crippen LogP contribution in [0.1, 0.15) is 23.6 Å². The predicted molar refractivity (Wildman–Crippen MR) is 90.4 cm³/mol. The first-order valence-corrected chi connectivity index (χ1v) is 8.07. The number of hydrogen-bond donors (Lipinski definition) is 0. The Kier molecular flexibility index (Phi) is 3.89. The van der Waals surface area contributed by atoms with E-state index in [9.17, 15) is 10.1 Å². The maximum atomic E-state index is 10.8. The molecule has 0 saturated heterocycles. The average molecular weight is 336 g/mol. The van der Waals surface area contributed by atoms with Gasteiger partial charge in [0.2, 0.25) is 0 Å². The number of aromatic nitrogens is 3. The number of rotatable bonds is 4. The minimum absolute atomic E-state index is 0.0502. The summed E-state index contributed by atoms with van der Waals surface area (Å²) in [5.74, 6) is 0.611. The molecule has 0 amide bonds. The van der Waals surface area contributed by atoms with Crippen LogP contribution in [0.25, 0.3) is 0 Å². The molecule has 0 saturated carbocycles. The zero-order valence-electron chi connectivity index (χ0n) is 13.4. The Balaban J connectivity index is 1.65. The lowest BCUT2D eigenvalue weighted by Gasteiger charge is -2.33. The van der Waals surface area contributed by atoms with Crippen LogP contribution in [-0.2, 0) is 6.42 Å². The number of nitrogens with zero attached hydrogens (tertiary/aromatic N) is 4. The monoisotopic (exact) mass is 336 g/mol. The van der Waals surface area contributed by atoms with Gasteiger partial charge in [-0.1, -0.05) is 29.5 Å². The van der Waals surface area contributed by atoms with E-state index in [1.807, 2.05) is 23.0 Å². The summed E-state index contributed by atoms with van der Waals surface area (Å²) in [6.45, 7) is 0. The molecule has 4 rings (SSSR count). The van der Waals surface area contributed by atoms with Crippen molar-refractivity contribution in [3.8, 4) is 5.75 Å². The summed E-state index contributed by atoms with van der Waals surface area (Å²) >= 11 is 0. The van der Waals surface area contributed by atoms with E-state index in [0.29, 0.717) is 5.75 Å². The van der Waals surface area contributed by atoms with Gasteiger partial charge in [0.15, 0.2) is 0 Å². The van der Waals surface area contributed by atoms with Gasteiger partial charge in [-0.3, -0.25) is 10.1 Å². The highest BCUT2D eigenvalue weighted by Crippen LogP contribution is 2.35. The molecular weight excluding hydrogens is 320 g/mol. The van der Waals surface area contributed by atoms with Crippen LogP contribution in [0.3, 0.4) is 0 Å². The van der Waals surface area contributed by atoms with Gasteiger partial charge in [-0.2, -0.15) is 0 Å². The van der Waals surface area contributed by atoms with E-state index >= 15 is 0 Å². The van der Waals surface area contributed by atoms with E-state index in [-0.39, 0.29) is 17.8 Å². The van der Waals surface area contributed by atoms with Crippen molar-refractivity contribution < 1.29 is 9.66 Å². The number of fused-ring (bicyclic) bond motifs is 1. The van der Waals surface area contributed by atoms with Crippen molar-refractivity contribution in [2.75, 3.05) is 0 Å². The number of benzene rings is 2. The summed E-state index contributed by atoms with van der Waals surface area (Å²) in [6, 6.07) is 14.4. The second-order valence-electron chi connectivity index (χ2n) is 5.97. The second-order valence-corrected chi connectivity index (χ2v) is 5.97. The van der Waals surface area contributed by atoms with Gasteiger partial charge < -0.3 is 4.74 Å². The Bertz CT molecular complexity index is 878. The van der Waals surface area contributed by atoms with Gasteiger partial charge in [0.05, 0.1) is 11.1 Å². The Hall–Kier alpha value is -3.22. The maximum Gasteiger partial charge on any atom is 0.269 e. The minimum Gasteiger partial charge on any atom is -0.488 e. The highest BCUT2D eigenvalue weighted by molar-refractivity contribution is 5.37. The van der Waals surface area contributed by atoms with Crippen LogP contribution in [0.15, 0.2) is 60.9 Å². The van der Waals surface area contributed by atoms with Gasteiger partial charge in [0.25, 0.3) is 5.69 Å². The highest BCUT2D eigenvalue weighted by atomic mass is 16.6. The molecular formula is C18H16N4O3. The van der Waals surface area contributed by atoms with Crippen molar-refractivity contribution in [2.45, 2.75) is 25.0 Å². The third-order valence-electron chi connectivity index (χ3n) is 4.49. The van der Waals surface area contributed by atoms with Gasteiger partial charge in [-0.25, -0.2) is 4.68 Å². The predicted octanol–water partition coefficient (Wildman–Crippen LogP) is 3.17. The van der Waals surface area contributed by atoms with E-state index in [1.54, 1.807) is 18.3 Å². The summed E-state index contributed by atoms with van der Waals surface area (Å²) in [5.41, 5.74) is 2.51. The zero-order chi connectivity index (χ0) is 17.2. The Morgan fingerprint density at radius 1 is 1.16 bits per heavy atom. The molecule has 0 aliphatic heterocycles. The van der Waals surface area contributed by atoms with Crippen molar-refractivity contribution >= 4 is 5.69 Å². The summed E-state index contributed by atoms with van der Waals surface area (Å²) in [4.78, 5) is 10.4. The third-order valence-corrected chi connectivity index (χ3v) is 4.49. The Morgan fingerprint density at radius 2 is 1.96 bits per heavy atom. The van der Waals surface area contributed by atoms with Crippen LogP contribution in [-0.4, -0.2) is 26.0 Å². The van der Waals surface area contributed by atoms with Crippen molar-refractivity contribution in [3.05, 3.63) is 82.2 Å². The van der Waals surface area contributed by atoms with Crippen molar-refractivity contribution in [1.29, 1.82) is 0 Å². The first-order chi connectivity index (χ1) is 12.2. The van der Waals surface area contributed by atoms with Gasteiger partial charge in [0, 0.05) is 18.3 Å². The highest BCUT2D eigenvalue weighted by Gasteiger charge is 2.33. The first-order valence-electron chi connectivity index (χ1n) is 8.07. The lowest BCUT2D eigenvalue weighted by atomic mass is 9.85. The number of nitro benzene ring substituents is 1. The number of nitro groups is 1. The first kappa shape index (κ1) is 15.3. The second kappa shape index (κ2) is 6.35. The maximum absolute atomic E-state index is 10.8. The van der Waals surface area contributed by atoms with Crippen molar-refractivity contribution in [3.63, 3.8) is 0 Å². The van der Waals surface area contributed by atoms with Crippen LogP contribution in [0.5, 0.6) is 5.75 Å². The van der Waals surface area contributed by atoms with Crippen LogP contribution in [0.4, 0.5) is 5.69 Å². The Labute approximate surface area is 144 Å². The van der Waals surface area contributed by atoms with E-state index < -0.39 is 4.92 Å². The van der Waals surface area contributed by atoms with Crippen LogP contribution in [0, 0.1) is 10.1 Å². The van der Waals surface area contributed by atoms with Crippen molar-refractivity contribution in [1.82, 2.24) is 15.0 Å². The number of aryl methyl sites for hydroxylation is 1. The Morgan fingerprint density at radius 3 is 2.68 bits per heavy atom. The van der Waals surface area contributed by atoms with Crippen LogP contribution in [0.2, 0.25) is 0 Å². The molecule has 7 heteroatoms. The molecule has 0 unspecified atom stereocenters. The zero-order valence-corrected chi connectivity index (χ0v) is 13.4. The molecule has 1 heterocycles. The average Bonchev–Trinajstić information content (AvgIpc) is 3.16. The third kappa shape index (κ3) is 2.96. The molecule has 7 nitrogen and oxygen atoms in total. The molecule has 2 atom stereocenters. The molecule has 0 radical (unpaired) electrons. The van der Waals surface area contributed by atoms with Gasteiger partial charge in [-0.15, -0.1) is 5.10 Å². The fraction of sp³-hybridized carbons (Fsp3) is 0.222. The SMILES string of the molecule is O=[N+]([O-])c1ccc(O[C@H]2CCc3ccccc3[C@@H]2n2ccnn2)cc1. The quantitative estimate of drug-likeness (QED) is 0.540. The summed E-state index contributed by atoms with van der Waals surface area (Å²) in [7, 11) is 0. The normalized spacial score (nSPS) is 19.2. The van der Waals surface area contributed by atoms with E-state index in [2.05, 4.69) is 22.4 Å². The molecule has 126 valence electrons. The van der Waals surface area contributed by atoms with Crippen molar-refractivity contribution in [2.24, 2.45) is 0 Å². The number of ether oxygens (including phenoxy) is 1. The van der Waals surface area contributed by atoms with Crippen LogP contribution < -0.4 is 4.74 Å². The molecule has 0 N–H and O–H groups in total. The van der Waals surface area contributed by atoms with Gasteiger partial charge >= 0.3 is 0 Å². The van der Waals surface area contributed by atoms with E-state index in [4.69, 9.17) is 4.74 Å². The largest absolute Gasteiger partial charge is 0.488 e. The molecule has 25 heavy (non-hydrogen) atoms. The summed E-state index contributed by atoms with van der Waals surface area (Å²) in [5, 5.41) is 18.9. The molecule has 0 spiro atoms. The summed E-state index contributed by atoms with van der Waals surface area (Å²) in [6.07, 6.45) is 5.11. The van der Waals surface area contributed by atoms with E-state index in [1.165, 1.54) is 23.3 Å².